The van der Waals surface area contributed by atoms with Crippen LogP contribution in [0.15, 0.2) is 66.9 Å². The summed E-state index contributed by atoms with van der Waals surface area (Å²) >= 11 is 0. The molecule has 1 atom stereocenters. The maximum absolute atomic E-state index is 14.0. The fourth-order valence-corrected chi connectivity index (χ4v) is 4.90. The lowest BCUT2D eigenvalue weighted by atomic mass is 10.0. The van der Waals surface area contributed by atoms with E-state index >= 15 is 0 Å². The topological polar surface area (TPSA) is 66.3 Å². The molecule has 2 aromatic carbocycles. The smallest absolute Gasteiger partial charge is 0.252 e. The van der Waals surface area contributed by atoms with Crippen molar-refractivity contribution in [2.45, 2.75) is 32.9 Å². The number of piperazine rings is 1. The van der Waals surface area contributed by atoms with Gasteiger partial charge in [-0.2, -0.15) is 5.10 Å². The molecule has 0 aliphatic carbocycles. The molecule has 1 saturated heterocycles. The molecule has 1 fully saturated rings. The van der Waals surface area contributed by atoms with Crippen LogP contribution in [-0.2, 0) is 0 Å². The standard InChI is InChI=1S/C30H36N6O/c1-21(2)36-29-26(19-31-36)25(18-27(32-29)24-12-10-22(3)11-13-24)30(37)33-28(23-8-6-5-7-9-23)20-35-16-14-34(4)15-17-35/h5-13,18-19,21,28H,14-17,20H2,1-4H3,(H,33,37). The summed E-state index contributed by atoms with van der Waals surface area (Å²) in [5, 5.41) is 8.73. The number of nitrogens with one attached hydrogen (secondary N) is 1. The molecule has 0 radical (unpaired) electrons. The minimum Gasteiger partial charge on any atom is -0.344 e. The summed E-state index contributed by atoms with van der Waals surface area (Å²) < 4.78 is 1.89. The average molecular weight is 497 g/mol. The predicted molar refractivity (Wildman–Crippen MR) is 149 cm³/mol. The molecule has 1 aliphatic rings. The minimum absolute atomic E-state index is 0.105. The van der Waals surface area contributed by atoms with E-state index in [-0.39, 0.29) is 18.0 Å². The summed E-state index contributed by atoms with van der Waals surface area (Å²) in [5.41, 5.74) is 5.38. The van der Waals surface area contributed by atoms with E-state index in [1.165, 1.54) is 5.56 Å². The van der Waals surface area contributed by atoms with Gasteiger partial charge in [-0.25, -0.2) is 9.67 Å². The molecule has 192 valence electrons. The fraction of sp³-hybridized carbons (Fsp3) is 0.367. The molecule has 0 spiro atoms. The quantitative estimate of drug-likeness (QED) is 0.402. The van der Waals surface area contributed by atoms with Crippen LogP contribution < -0.4 is 5.32 Å². The lowest BCUT2D eigenvalue weighted by Gasteiger charge is -2.35. The van der Waals surface area contributed by atoms with Crippen LogP contribution in [-0.4, -0.2) is 70.2 Å². The van der Waals surface area contributed by atoms with E-state index in [0.29, 0.717) is 5.56 Å². The van der Waals surface area contributed by atoms with Crippen LogP contribution in [0.2, 0.25) is 0 Å². The Morgan fingerprint density at radius 3 is 2.38 bits per heavy atom. The second-order valence-corrected chi connectivity index (χ2v) is 10.4. The molecule has 37 heavy (non-hydrogen) atoms. The molecule has 3 heterocycles. The van der Waals surface area contributed by atoms with Crippen LogP contribution in [0.25, 0.3) is 22.3 Å². The number of hydrogen-bond acceptors (Lipinski definition) is 5. The Hall–Kier alpha value is -3.55. The molecule has 1 unspecified atom stereocenters. The zero-order valence-corrected chi connectivity index (χ0v) is 22.2. The third-order valence-corrected chi connectivity index (χ3v) is 7.19. The van der Waals surface area contributed by atoms with Crippen molar-refractivity contribution in [3.8, 4) is 11.3 Å². The molecule has 5 rings (SSSR count). The Kier molecular flexibility index (Phi) is 7.35. The Bertz CT molecular complexity index is 1350. The van der Waals surface area contributed by atoms with E-state index in [9.17, 15) is 4.79 Å². The summed E-state index contributed by atoms with van der Waals surface area (Å²) in [6.07, 6.45) is 1.77. The summed E-state index contributed by atoms with van der Waals surface area (Å²) in [7, 11) is 2.16. The first kappa shape index (κ1) is 25.1. The van der Waals surface area contributed by atoms with Crippen molar-refractivity contribution in [2.75, 3.05) is 39.8 Å². The van der Waals surface area contributed by atoms with Crippen molar-refractivity contribution >= 4 is 16.9 Å². The van der Waals surface area contributed by atoms with Crippen LogP contribution in [0.3, 0.4) is 0 Å². The lowest BCUT2D eigenvalue weighted by Crippen LogP contribution is -2.47. The second kappa shape index (κ2) is 10.8. The van der Waals surface area contributed by atoms with Gasteiger partial charge in [0, 0.05) is 44.3 Å². The molecule has 1 N–H and O–H groups in total. The normalized spacial score (nSPS) is 15.8. The van der Waals surface area contributed by atoms with Crippen molar-refractivity contribution in [1.82, 2.24) is 29.9 Å². The number of benzene rings is 2. The Labute approximate surface area is 219 Å². The molecule has 1 aliphatic heterocycles. The van der Waals surface area contributed by atoms with Gasteiger partial charge in [-0.05, 0) is 39.4 Å². The number of rotatable bonds is 7. The molecule has 2 aromatic heterocycles. The van der Waals surface area contributed by atoms with E-state index in [1.807, 2.05) is 28.9 Å². The third kappa shape index (κ3) is 5.58. The van der Waals surface area contributed by atoms with Crippen LogP contribution in [0.5, 0.6) is 0 Å². The van der Waals surface area contributed by atoms with Crippen molar-refractivity contribution < 1.29 is 4.79 Å². The van der Waals surface area contributed by atoms with Gasteiger partial charge in [-0.15, -0.1) is 0 Å². The van der Waals surface area contributed by atoms with Gasteiger partial charge in [0.25, 0.3) is 5.91 Å². The van der Waals surface area contributed by atoms with E-state index < -0.39 is 0 Å². The zero-order chi connectivity index (χ0) is 25.9. The van der Waals surface area contributed by atoms with E-state index in [0.717, 1.165) is 60.6 Å². The summed E-state index contributed by atoms with van der Waals surface area (Å²) in [6, 6.07) is 20.4. The number of pyridine rings is 1. The Morgan fingerprint density at radius 2 is 1.70 bits per heavy atom. The Balaban J connectivity index is 1.51. The highest BCUT2D eigenvalue weighted by molar-refractivity contribution is 6.06. The van der Waals surface area contributed by atoms with Crippen LogP contribution in [0.4, 0.5) is 0 Å². The first-order valence-electron chi connectivity index (χ1n) is 13.1. The minimum atomic E-state index is -0.122. The first-order chi connectivity index (χ1) is 17.9. The summed E-state index contributed by atoms with van der Waals surface area (Å²) in [4.78, 5) is 23.7. The summed E-state index contributed by atoms with van der Waals surface area (Å²) in [5.74, 6) is -0.105. The highest BCUT2D eigenvalue weighted by atomic mass is 16.1. The van der Waals surface area contributed by atoms with E-state index in [4.69, 9.17) is 4.98 Å². The number of amides is 1. The molecule has 0 saturated carbocycles. The molecule has 1 amide bonds. The number of nitrogens with zero attached hydrogens (tertiary/aromatic N) is 5. The SMILES string of the molecule is Cc1ccc(-c2cc(C(=O)NC(CN3CCN(C)CC3)c3ccccc3)c3cnn(C(C)C)c3n2)cc1. The van der Waals surface area contributed by atoms with Crippen molar-refractivity contribution in [1.29, 1.82) is 0 Å². The maximum atomic E-state index is 14.0. The van der Waals surface area contributed by atoms with Gasteiger partial charge in [-0.1, -0.05) is 60.2 Å². The fourth-order valence-electron chi connectivity index (χ4n) is 4.90. The van der Waals surface area contributed by atoms with Gasteiger partial charge in [0.2, 0.25) is 0 Å². The zero-order valence-electron chi connectivity index (χ0n) is 22.2. The van der Waals surface area contributed by atoms with Crippen LogP contribution in [0, 0.1) is 6.92 Å². The van der Waals surface area contributed by atoms with Crippen LogP contribution in [0.1, 0.15) is 47.4 Å². The summed E-state index contributed by atoms with van der Waals surface area (Å²) in [6.45, 7) is 11.1. The first-order valence-corrected chi connectivity index (χ1v) is 13.1. The largest absolute Gasteiger partial charge is 0.344 e. The molecule has 7 nitrogen and oxygen atoms in total. The third-order valence-electron chi connectivity index (χ3n) is 7.19. The predicted octanol–water partition coefficient (Wildman–Crippen LogP) is 4.71. The molecule has 7 heteroatoms. The number of aryl methyl sites for hydroxylation is 1. The van der Waals surface area contributed by atoms with E-state index in [1.54, 1.807) is 6.20 Å². The number of hydrogen-bond donors (Lipinski definition) is 1. The molecule has 4 aromatic rings. The van der Waals surface area contributed by atoms with E-state index in [2.05, 4.69) is 84.4 Å². The van der Waals surface area contributed by atoms with Crippen LogP contribution >= 0.6 is 0 Å². The van der Waals surface area contributed by atoms with Gasteiger partial charge in [0.1, 0.15) is 0 Å². The van der Waals surface area contributed by atoms with Crippen molar-refractivity contribution in [3.63, 3.8) is 0 Å². The number of likely N-dealkylation sites (N-methyl/N-ethyl adjacent to an activating group) is 1. The van der Waals surface area contributed by atoms with Gasteiger partial charge < -0.3 is 10.2 Å². The highest BCUT2D eigenvalue weighted by Gasteiger charge is 2.24. The molecular formula is C30H36N6O. The van der Waals surface area contributed by atoms with Crippen molar-refractivity contribution in [3.05, 3.63) is 83.6 Å². The molecular weight excluding hydrogens is 460 g/mol. The second-order valence-electron chi connectivity index (χ2n) is 10.4. The number of fused-ring (bicyclic) bond motifs is 1. The van der Waals surface area contributed by atoms with Gasteiger partial charge in [0.15, 0.2) is 5.65 Å². The van der Waals surface area contributed by atoms with Gasteiger partial charge >= 0.3 is 0 Å². The average Bonchev–Trinajstić information content (AvgIpc) is 3.34. The van der Waals surface area contributed by atoms with Gasteiger partial charge in [0.05, 0.1) is 28.9 Å². The number of aromatic nitrogens is 3. The van der Waals surface area contributed by atoms with Crippen molar-refractivity contribution in [2.24, 2.45) is 0 Å². The Morgan fingerprint density at radius 1 is 1.00 bits per heavy atom. The number of carbonyl (C=O) groups is 1. The number of carbonyl (C=O) groups excluding carboxylic acids is 1. The highest BCUT2D eigenvalue weighted by Crippen LogP contribution is 2.27. The molecule has 0 bridgehead atoms. The van der Waals surface area contributed by atoms with Gasteiger partial charge in [-0.3, -0.25) is 9.69 Å². The monoisotopic (exact) mass is 496 g/mol. The lowest BCUT2D eigenvalue weighted by molar-refractivity contribution is 0.0909. The maximum Gasteiger partial charge on any atom is 0.252 e.